The molecule has 0 radical (unpaired) electrons. The van der Waals surface area contributed by atoms with E-state index in [2.05, 4.69) is 15.0 Å². The third kappa shape index (κ3) is 3.38. The summed E-state index contributed by atoms with van der Waals surface area (Å²) in [5.74, 6) is -0.461. The lowest BCUT2D eigenvalue weighted by Gasteiger charge is -2.26. The number of pyridine rings is 1. The molecule has 7 nitrogen and oxygen atoms in total. The number of morpholine rings is 1. The number of aryl methyl sites for hydroxylation is 1. The van der Waals surface area contributed by atoms with E-state index in [0.29, 0.717) is 29.2 Å². The fourth-order valence-corrected chi connectivity index (χ4v) is 3.19. The predicted molar refractivity (Wildman–Crippen MR) is 90.5 cm³/mol. The number of esters is 1. The van der Waals surface area contributed by atoms with E-state index in [1.165, 1.54) is 6.20 Å². The normalized spacial score (nSPS) is 15.8. The Bertz CT molecular complexity index is 740. The molecule has 0 amide bonds. The maximum atomic E-state index is 12.0. The van der Waals surface area contributed by atoms with Crippen LogP contribution in [0.4, 0.5) is 0 Å². The molecule has 3 heterocycles. The number of rotatable bonds is 5. The Balaban J connectivity index is 1.85. The SMILES string of the molecule is CCOC(=O)c1cnc2c(c(C)nn2CCN2CCOCC2)c1Cl. The van der Waals surface area contributed by atoms with E-state index in [0.717, 1.165) is 38.5 Å². The molecule has 0 aliphatic carbocycles. The van der Waals surface area contributed by atoms with E-state index in [9.17, 15) is 4.79 Å². The predicted octanol–water partition coefficient (Wildman–Crippen LogP) is 1.90. The first-order valence-corrected chi connectivity index (χ1v) is 8.48. The van der Waals surface area contributed by atoms with Gasteiger partial charge in [0.05, 0.1) is 48.0 Å². The summed E-state index contributed by atoms with van der Waals surface area (Å²) < 4.78 is 12.2. The summed E-state index contributed by atoms with van der Waals surface area (Å²) in [5.41, 5.74) is 1.73. The van der Waals surface area contributed by atoms with Gasteiger partial charge in [-0.05, 0) is 13.8 Å². The van der Waals surface area contributed by atoms with Crippen LogP contribution in [0.1, 0.15) is 23.0 Å². The van der Waals surface area contributed by atoms with Crippen molar-refractivity contribution in [1.82, 2.24) is 19.7 Å². The molecule has 2 aromatic rings. The molecule has 1 saturated heterocycles. The Morgan fingerprint density at radius 2 is 2.12 bits per heavy atom. The number of carbonyl (C=O) groups excluding carboxylic acids is 1. The summed E-state index contributed by atoms with van der Waals surface area (Å²) >= 11 is 6.42. The van der Waals surface area contributed by atoms with Crippen LogP contribution in [0.25, 0.3) is 11.0 Å². The van der Waals surface area contributed by atoms with Gasteiger partial charge in [0.2, 0.25) is 0 Å². The molecule has 0 unspecified atom stereocenters. The second kappa shape index (κ2) is 7.46. The van der Waals surface area contributed by atoms with E-state index >= 15 is 0 Å². The number of ether oxygens (including phenoxy) is 2. The van der Waals surface area contributed by atoms with Crippen LogP contribution in [0, 0.1) is 6.92 Å². The zero-order chi connectivity index (χ0) is 17.1. The van der Waals surface area contributed by atoms with Crippen LogP contribution in [-0.2, 0) is 16.0 Å². The average Bonchev–Trinajstić information content (AvgIpc) is 2.91. The molecule has 1 fully saturated rings. The minimum absolute atomic E-state index is 0.279. The van der Waals surface area contributed by atoms with Gasteiger partial charge in [0.1, 0.15) is 0 Å². The minimum Gasteiger partial charge on any atom is -0.462 e. The largest absolute Gasteiger partial charge is 0.462 e. The zero-order valence-electron chi connectivity index (χ0n) is 13.9. The second-order valence-electron chi connectivity index (χ2n) is 5.67. The monoisotopic (exact) mass is 352 g/mol. The maximum Gasteiger partial charge on any atom is 0.341 e. The van der Waals surface area contributed by atoms with Gasteiger partial charge in [0.25, 0.3) is 0 Å². The summed E-state index contributed by atoms with van der Waals surface area (Å²) in [6.07, 6.45) is 1.47. The standard InChI is InChI=1S/C16H21ClN4O3/c1-3-24-16(22)12-10-18-15-13(14(12)17)11(2)19-21(15)5-4-20-6-8-23-9-7-20/h10H,3-9H2,1-2H3. The number of hydrogen-bond acceptors (Lipinski definition) is 6. The first kappa shape index (κ1) is 17.1. The van der Waals surface area contributed by atoms with Crippen molar-refractivity contribution in [3.63, 3.8) is 0 Å². The Hall–Kier alpha value is -1.70. The highest BCUT2D eigenvalue weighted by Crippen LogP contribution is 2.28. The minimum atomic E-state index is -0.461. The lowest BCUT2D eigenvalue weighted by atomic mass is 10.2. The molecule has 0 atom stereocenters. The zero-order valence-corrected chi connectivity index (χ0v) is 14.7. The van der Waals surface area contributed by atoms with Gasteiger partial charge < -0.3 is 9.47 Å². The van der Waals surface area contributed by atoms with Crippen molar-refractivity contribution in [2.45, 2.75) is 20.4 Å². The average molecular weight is 353 g/mol. The van der Waals surface area contributed by atoms with Crippen LogP contribution < -0.4 is 0 Å². The van der Waals surface area contributed by atoms with Crippen LogP contribution in [0.5, 0.6) is 0 Å². The summed E-state index contributed by atoms with van der Waals surface area (Å²) in [6, 6.07) is 0. The van der Waals surface area contributed by atoms with Gasteiger partial charge in [-0.3, -0.25) is 4.90 Å². The molecule has 24 heavy (non-hydrogen) atoms. The van der Waals surface area contributed by atoms with Crippen molar-refractivity contribution in [3.8, 4) is 0 Å². The molecule has 0 saturated carbocycles. The van der Waals surface area contributed by atoms with Crippen molar-refractivity contribution in [1.29, 1.82) is 0 Å². The molecule has 0 aromatic carbocycles. The number of carbonyl (C=O) groups is 1. The van der Waals surface area contributed by atoms with Crippen molar-refractivity contribution in [2.24, 2.45) is 0 Å². The lowest BCUT2D eigenvalue weighted by molar-refractivity contribution is 0.0361. The molecule has 0 bridgehead atoms. The van der Waals surface area contributed by atoms with Crippen LogP contribution in [-0.4, -0.2) is 65.1 Å². The highest BCUT2D eigenvalue weighted by atomic mass is 35.5. The fourth-order valence-electron chi connectivity index (χ4n) is 2.84. The Morgan fingerprint density at radius 1 is 1.38 bits per heavy atom. The van der Waals surface area contributed by atoms with E-state index in [1.54, 1.807) is 6.92 Å². The van der Waals surface area contributed by atoms with Gasteiger partial charge in [-0.2, -0.15) is 5.10 Å². The number of fused-ring (bicyclic) bond motifs is 1. The number of aromatic nitrogens is 3. The van der Waals surface area contributed by atoms with Crippen molar-refractivity contribution in [3.05, 3.63) is 22.5 Å². The van der Waals surface area contributed by atoms with Gasteiger partial charge in [-0.25, -0.2) is 14.5 Å². The third-order valence-corrected chi connectivity index (χ3v) is 4.49. The van der Waals surface area contributed by atoms with Crippen LogP contribution in [0.3, 0.4) is 0 Å². The van der Waals surface area contributed by atoms with Crippen LogP contribution in [0.2, 0.25) is 5.02 Å². The Morgan fingerprint density at radius 3 is 2.83 bits per heavy atom. The van der Waals surface area contributed by atoms with Gasteiger partial charge in [0, 0.05) is 25.8 Å². The van der Waals surface area contributed by atoms with E-state index in [1.807, 2.05) is 11.6 Å². The molecular weight excluding hydrogens is 332 g/mol. The highest BCUT2D eigenvalue weighted by Gasteiger charge is 2.20. The van der Waals surface area contributed by atoms with E-state index < -0.39 is 5.97 Å². The first-order chi connectivity index (χ1) is 11.6. The van der Waals surface area contributed by atoms with Gasteiger partial charge in [0.15, 0.2) is 5.65 Å². The molecular formula is C16H21ClN4O3. The molecule has 3 rings (SSSR count). The first-order valence-electron chi connectivity index (χ1n) is 8.10. The number of nitrogens with zero attached hydrogens (tertiary/aromatic N) is 4. The summed E-state index contributed by atoms with van der Waals surface area (Å²) in [5, 5.41) is 5.61. The van der Waals surface area contributed by atoms with E-state index in [-0.39, 0.29) is 5.56 Å². The molecule has 1 aliphatic rings. The molecule has 0 spiro atoms. The van der Waals surface area contributed by atoms with Gasteiger partial charge in [-0.15, -0.1) is 0 Å². The van der Waals surface area contributed by atoms with Crippen LogP contribution >= 0.6 is 11.6 Å². The van der Waals surface area contributed by atoms with Crippen molar-refractivity contribution in [2.75, 3.05) is 39.5 Å². The molecule has 1 aliphatic heterocycles. The summed E-state index contributed by atoms with van der Waals surface area (Å²) in [6.45, 7) is 8.91. The smallest absolute Gasteiger partial charge is 0.341 e. The second-order valence-corrected chi connectivity index (χ2v) is 6.05. The summed E-state index contributed by atoms with van der Waals surface area (Å²) in [7, 11) is 0. The number of halogens is 1. The van der Waals surface area contributed by atoms with E-state index in [4.69, 9.17) is 21.1 Å². The Kier molecular flexibility index (Phi) is 5.33. The highest BCUT2D eigenvalue weighted by molar-refractivity contribution is 6.38. The molecule has 130 valence electrons. The topological polar surface area (TPSA) is 69.5 Å². The maximum absolute atomic E-state index is 12.0. The number of hydrogen-bond donors (Lipinski definition) is 0. The fraction of sp³-hybridized carbons (Fsp3) is 0.562. The van der Waals surface area contributed by atoms with Crippen molar-refractivity contribution >= 4 is 28.6 Å². The molecule has 8 heteroatoms. The lowest BCUT2D eigenvalue weighted by Crippen LogP contribution is -2.38. The summed E-state index contributed by atoms with van der Waals surface area (Å²) in [4.78, 5) is 18.7. The van der Waals surface area contributed by atoms with Crippen molar-refractivity contribution < 1.29 is 14.3 Å². The Labute approximate surface area is 145 Å². The molecule has 0 N–H and O–H groups in total. The molecule has 2 aromatic heterocycles. The van der Waals surface area contributed by atoms with Gasteiger partial charge in [-0.1, -0.05) is 11.6 Å². The quantitative estimate of drug-likeness (QED) is 0.765. The third-order valence-electron chi connectivity index (χ3n) is 4.10. The van der Waals surface area contributed by atoms with Crippen LogP contribution in [0.15, 0.2) is 6.20 Å². The van der Waals surface area contributed by atoms with Gasteiger partial charge >= 0.3 is 5.97 Å².